The van der Waals surface area contributed by atoms with E-state index in [2.05, 4.69) is 10.6 Å². The third-order valence-electron chi connectivity index (χ3n) is 2.66. The Morgan fingerprint density at radius 3 is 2.65 bits per heavy atom. The number of carbonyl (C=O) groups excluding carboxylic acids is 1. The average molecular weight is 288 g/mol. The second-order valence-corrected chi connectivity index (χ2v) is 4.60. The zero-order valence-corrected chi connectivity index (χ0v) is 10.7. The highest BCUT2D eigenvalue weighted by Crippen LogP contribution is 2.26. The van der Waals surface area contributed by atoms with Gasteiger partial charge in [0.25, 0.3) is 0 Å². The van der Waals surface area contributed by atoms with Gasteiger partial charge in [-0.1, -0.05) is 12.1 Å². The molecule has 0 heterocycles. The first-order valence-electron chi connectivity index (χ1n) is 6.26. The van der Waals surface area contributed by atoms with Gasteiger partial charge in [-0.2, -0.15) is 13.2 Å². The smallest absolute Gasteiger partial charge is 0.422 e. The minimum atomic E-state index is -4.39. The molecular weight excluding hydrogens is 273 g/mol. The highest BCUT2D eigenvalue weighted by Gasteiger charge is 2.29. The van der Waals surface area contributed by atoms with Crippen molar-refractivity contribution in [3.8, 4) is 5.75 Å². The molecule has 0 bridgehead atoms. The lowest BCUT2D eigenvalue weighted by atomic mass is 10.3. The molecular formula is C13H15F3N2O2. The number of amides is 1. The van der Waals surface area contributed by atoms with Crippen molar-refractivity contribution < 1.29 is 22.7 Å². The number of hydrogen-bond donors (Lipinski definition) is 2. The van der Waals surface area contributed by atoms with Crippen molar-refractivity contribution in [3.63, 3.8) is 0 Å². The van der Waals surface area contributed by atoms with E-state index in [9.17, 15) is 18.0 Å². The van der Waals surface area contributed by atoms with Crippen molar-refractivity contribution >= 4 is 11.6 Å². The molecule has 2 rings (SSSR count). The number of para-hydroxylation sites is 2. The van der Waals surface area contributed by atoms with Gasteiger partial charge in [-0.3, -0.25) is 4.79 Å². The second-order valence-electron chi connectivity index (χ2n) is 4.60. The van der Waals surface area contributed by atoms with E-state index in [1.165, 1.54) is 6.07 Å². The molecule has 1 saturated carbocycles. The van der Waals surface area contributed by atoms with E-state index >= 15 is 0 Å². The topological polar surface area (TPSA) is 50.4 Å². The van der Waals surface area contributed by atoms with Crippen LogP contribution in [0.3, 0.4) is 0 Å². The number of ether oxygens (including phenoxy) is 1. The van der Waals surface area contributed by atoms with E-state index < -0.39 is 12.8 Å². The molecule has 0 radical (unpaired) electrons. The summed E-state index contributed by atoms with van der Waals surface area (Å²) in [7, 11) is 0. The lowest BCUT2D eigenvalue weighted by Gasteiger charge is -2.14. The molecule has 0 aromatic heterocycles. The molecule has 0 spiro atoms. The molecule has 110 valence electrons. The van der Waals surface area contributed by atoms with Crippen molar-refractivity contribution in [2.75, 3.05) is 18.5 Å². The Morgan fingerprint density at radius 2 is 2.00 bits per heavy atom. The quantitative estimate of drug-likeness (QED) is 0.844. The Labute approximate surface area is 114 Å². The van der Waals surface area contributed by atoms with Gasteiger partial charge in [0, 0.05) is 6.04 Å². The predicted molar refractivity (Wildman–Crippen MR) is 67.6 cm³/mol. The van der Waals surface area contributed by atoms with Gasteiger partial charge in [0.2, 0.25) is 5.91 Å². The standard InChI is InChI=1S/C13H15F3N2O2/c14-13(15,16)8-20-11-4-2-1-3-10(11)17-7-12(19)18-9-5-6-9/h1-4,9,17H,5-8H2,(H,18,19). The molecule has 1 amide bonds. The van der Waals surface area contributed by atoms with Crippen molar-refractivity contribution in [2.24, 2.45) is 0 Å². The predicted octanol–water partition coefficient (Wildman–Crippen LogP) is 2.32. The number of anilines is 1. The molecule has 4 nitrogen and oxygen atoms in total. The van der Waals surface area contributed by atoms with Gasteiger partial charge >= 0.3 is 6.18 Å². The van der Waals surface area contributed by atoms with Crippen molar-refractivity contribution in [1.29, 1.82) is 0 Å². The Kier molecular flexibility index (Phi) is 4.36. The summed E-state index contributed by atoms with van der Waals surface area (Å²) in [6.45, 7) is -1.36. The lowest BCUT2D eigenvalue weighted by Crippen LogP contribution is -2.31. The largest absolute Gasteiger partial charge is 0.482 e. The summed E-state index contributed by atoms with van der Waals surface area (Å²) in [6.07, 6.45) is -2.43. The maximum absolute atomic E-state index is 12.1. The third-order valence-corrected chi connectivity index (χ3v) is 2.66. The lowest BCUT2D eigenvalue weighted by molar-refractivity contribution is -0.153. The summed E-state index contributed by atoms with van der Waals surface area (Å²) in [4.78, 5) is 11.5. The van der Waals surface area contributed by atoms with Gasteiger partial charge in [-0.05, 0) is 25.0 Å². The number of nitrogens with one attached hydrogen (secondary N) is 2. The van der Waals surface area contributed by atoms with Gasteiger partial charge < -0.3 is 15.4 Å². The fraction of sp³-hybridized carbons (Fsp3) is 0.462. The van der Waals surface area contributed by atoms with Crippen molar-refractivity contribution in [3.05, 3.63) is 24.3 Å². The van der Waals surface area contributed by atoms with Gasteiger partial charge in [0.15, 0.2) is 6.61 Å². The number of rotatable bonds is 6. The summed E-state index contributed by atoms with van der Waals surface area (Å²) in [6, 6.07) is 6.46. The van der Waals surface area contributed by atoms with Gasteiger partial charge in [-0.25, -0.2) is 0 Å². The number of benzene rings is 1. The molecule has 1 aliphatic carbocycles. The minimum Gasteiger partial charge on any atom is -0.482 e. The summed E-state index contributed by atoms with van der Waals surface area (Å²) in [5, 5.41) is 5.56. The van der Waals surface area contributed by atoms with E-state index in [1.807, 2.05) is 0 Å². The zero-order valence-electron chi connectivity index (χ0n) is 10.7. The highest BCUT2D eigenvalue weighted by atomic mass is 19.4. The van der Waals surface area contributed by atoms with Gasteiger partial charge in [-0.15, -0.1) is 0 Å². The molecule has 0 aliphatic heterocycles. The second kappa shape index (κ2) is 6.02. The summed E-state index contributed by atoms with van der Waals surface area (Å²) in [5.74, 6) is -0.109. The van der Waals surface area contributed by atoms with Gasteiger partial charge in [0.1, 0.15) is 5.75 Å². The molecule has 0 atom stereocenters. The van der Waals surface area contributed by atoms with Crippen LogP contribution >= 0.6 is 0 Å². The fourth-order valence-corrected chi connectivity index (χ4v) is 1.58. The average Bonchev–Trinajstić information content (AvgIpc) is 3.18. The Hall–Kier alpha value is -1.92. The van der Waals surface area contributed by atoms with Crippen LogP contribution in [0.1, 0.15) is 12.8 Å². The van der Waals surface area contributed by atoms with E-state index in [1.54, 1.807) is 18.2 Å². The molecule has 0 unspecified atom stereocenters. The molecule has 20 heavy (non-hydrogen) atoms. The molecule has 0 saturated heterocycles. The molecule has 1 aromatic carbocycles. The van der Waals surface area contributed by atoms with Crippen LogP contribution in [0.15, 0.2) is 24.3 Å². The van der Waals surface area contributed by atoms with Gasteiger partial charge in [0.05, 0.1) is 12.2 Å². The molecule has 1 fully saturated rings. The van der Waals surface area contributed by atoms with Crippen LogP contribution in [0.2, 0.25) is 0 Å². The van der Waals surface area contributed by atoms with Crippen molar-refractivity contribution in [2.45, 2.75) is 25.1 Å². The molecule has 7 heteroatoms. The third kappa shape index (κ3) is 4.99. The number of hydrogen-bond acceptors (Lipinski definition) is 3. The van der Waals surface area contributed by atoms with Crippen LogP contribution in [0.5, 0.6) is 5.75 Å². The van der Waals surface area contributed by atoms with Crippen LogP contribution in [-0.4, -0.2) is 31.3 Å². The van der Waals surface area contributed by atoms with Crippen LogP contribution in [-0.2, 0) is 4.79 Å². The first-order valence-corrected chi connectivity index (χ1v) is 6.26. The molecule has 1 aliphatic rings. The Morgan fingerprint density at radius 1 is 1.30 bits per heavy atom. The summed E-state index contributed by atoms with van der Waals surface area (Å²) < 4.78 is 41.1. The van der Waals surface area contributed by atoms with E-state index in [-0.39, 0.29) is 24.2 Å². The number of alkyl halides is 3. The Balaban J connectivity index is 1.87. The zero-order chi connectivity index (χ0) is 14.6. The first-order chi connectivity index (χ1) is 9.44. The molecule has 2 N–H and O–H groups in total. The first kappa shape index (κ1) is 14.5. The van der Waals surface area contributed by atoms with Crippen LogP contribution < -0.4 is 15.4 Å². The minimum absolute atomic E-state index is 0.00287. The monoisotopic (exact) mass is 288 g/mol. The maximum Gasteiger partial charge on any atom is 0.422 e. The number of halogens is 3. The van der Waals surface area contributed by atoms with Crippen LogP contribution in [0.25, 0.3) is 0 Å². The summed E-state index contributed by atoms with van der Waals surface area (Å²) in [5.41, 5.74) is 0.364. The van der Waals surface area contributed by atoms with E-state index in [4.69, 9.17) is 4.74 Å². The highest BCUT2D eigenvalue weighted by molar-refractivity contribution is 5.81. The van der Waals surface area contributed by atoms with Crippen LogP contribution in [0.4, 0.5) is 18.9 Å². The SMILES string of the molecule is O=C(CNc1ccccc1OCC(F)(F)F)NC1CC1. The van der Waals surface area contributed by atoms with Crippen molar-refractivity contribution in [1.82, 2.24) is 5.32 Å². The molecule has 1 aromatic rings. The summed E-state index contributed by atoms with van der Waals surface area (Å²) >= 11 is 0. The Bertz CT molecular complexity index is 473. The maximum atomic E-state index is 12.1. The van der Waals surface area contributed by atoms with E-state index in [0.717, 1.165) is 12.8 Å². The number of carbonyl (C=O) groups is 1. The normalized spacial score (nSPS) is 14.8. The fourth-order valence-electron chi connectivity index (χ4n) is 1.58. The van der Waals surface area contributed by atoms with E-state index in [0.29, 0.717) is 5.69 Å². The van der Waals surface area contributed by atoms with Crippen LogP contribution in [0, 0.1) is 0 Å².